The summed E-state index contributed by atoms with van der Waals surface area (Å²) in [6.45, 7) is 6.72. The van der Waals surface area contributed by atoms with Crippen LogP contribution in [0.15, 0.2) is 46.2 Å². The van der Waals surface area contributed by atoms with Gasteiger partial charge in [0.2, 0.25) is 5.91 Å². The Balaban J connectivity index is 1.41. The first kappa shape index (κ1) is 22.1. The molecule has 9 nitrogen and oxygen atoms in total. The van der Waals surface area contributed by atoms with Crippen LogP contribution in [-0.4, -0.2) is 63.5 Å². The molecule has 168 valence electrons. The van der Waals surface area contributed by atoms with Gasteiger partial charge in [0, 0.05) is 30.9 Å². The van der Waals surface area contributed by atoms with E-state index in [9.17, 15) is 9.59 Å². The lowest BCUT2D eigenvalue weighted by Crippen LogP contribution is -2.41. The monoisotopic (exact) mass is 455 g/mol. The highest BCUT2D eigenvalue weighted by molar-refractivity contribution is 7.99. The van der Waals surface area contributed by atoms with Crippen LogP contribution in [0, 0.1) is 6.92 Å². The van der Waals surface area contributed by atoms with Gasteiger partial charge in [-0.15, -0.1) is 10.2 Å². The average molecular weight is 456 g/mol. The normalized spacial score (nSPS) is 13.9. The number of nitrogens with one attached hydrogen (secondary N) is 1. The molecule has 0 spiro atoms. The summed E-state index contributed by atoms with van der Waals surface area (Å²) in [5.74, 6) is 1.20. The number of thioether (sulfide) groups is 1. The lowest BCUT2D eigenvalue weighted by molar-refractivity contribution is -0.113. The number of carbonyl (C=O) groups excluding carboxylic acids is 2. The van der Waals surface area contributed by atoms with Crippen LogP contribution in [0.1, 0.15) is 22.8 Å². The number of aromatic nitrogens is 3. The number of carbonyl (C=O) groups is 2. The van der Waals surface area contributed by atoms with E-state index in [2.05, 4.69) is 15.5 Å². The summed E-state index contributed by atoms with van der Waals surface area (Å²) in [5.41, 5.74) is 1.97. The van der Waals surface area contributed by atoms with Crippen molar-refractivity contribution in [2.24, 2.45) is 0 Å². The number of nitrogens with zero attached hydrogens (tertiary/aromatic N) is 4. The summed E-state index contributed by atoms with van der Waals surface area (Å²) in [7, 11) is 0. The van der Waals surface area contributed by atoms with Crippen molar-refractivity contribution >= 4 is 29.3 Å². The van der Waals surface area contributed by atoms with Crippen molar-refractivity contribution in [1.29, 1.82) is 0 Å². The Morgan fingerprint density at radius 1 is 1.16 bits per heavy atom. The first-order valence-electron chi connectivity index (χ1n) is 10.4. The van der Waals surface area contributed by atoms with Crippen molar-refractivity contribution in [1.82, 2.24) is 19.7 Å². The molecule has 0 aliphatic carbocycles. The maximum Gasteiger partial charge on any atom is 0.254 e. The van der Waals surface area contributed by atoms with E-state index in [0.29, 0.717) is 60.8 Å². The van der Waals surface area contributed by atoms with E-state index in [4.69, 9.17) is 9.15 Å². The molecular weight excluding hydrogens is 430 g/mol. The molecule has 1 fully saturated rings. The standard InChI is InChI=1S/C22H25N5O4S/c1-3-27-20(18-8-5-11-31-18)24-25-22(27)32-14-19(28)23-17-7-4-6-16(15(17)2)21(29)26-9-12-30-13-10-26/h4-8,11H,3,9-10,12-14H2,1-2H3,(H,23,28). The van der Waals surface area contributed by atoms with E-state index in [1.54, 1.807) is 35.4 Å². The smallest absolute Gasteiger partial charge is 0.254 e. The number of ether oxygens (including phenoxy) is 1. The minimum Gasteiger partial charge on any atom is -0.461 e. The zero-order valence-corrected chi connectivity index (χ0v) is 18.9. The van der Waals surface area contributed by atoms with E-state index >= 15 is 0 Å². The molecule has 0 saturated carbocycles. The molecule has 1 aliphatic rings. The quantitative estimate of drug-likeness (QED) is 0.546. The molecule has 10 heteroatoms. The summed E-state index contributed by atoms with van der Waals surface area (Å²) in [4.78, 5) is 27.3. The van der Waals surface area contributed by atoms with Crippen molar-refractivity contribution in [3.63, 3.8) is 0 Å². The van der Waals surface area contributed by atoms with E-state index < -0.39 is 0 Å². The fourth-order valence-electron chi connectivity index (χ4n) is 3.52. The molecule has 0 unspecified atom stereocenters. The molecule has 32 heavy (non-hydrogen) atoms. The largest absolute Gasteiger partial charge is 0.461 e. The Kier molecular flexibility index (Phi) is 6.91. The molecule has 1 aliphatic heterocycles. The third-order valence-electron chi connectivity index (χ3n) is 5.24. The van der Waals surface area contributed by atoms with Crippen molar-refractivity contribution < 1.29 is 18.7 Å². The Morgan fingerprint density at radius 3 is 2.69 bits per heavy atom. The number of hydrogen-bond donors (Lipinski definition) is 1. The number of rotatable bonds is 7. The number of hydrogen-bond acceptors (Lipinski definition) is 7. The molecule has 0 bridgehead atoms. The summed E-state index contributed by atoms with van der Waals surface area (Å²) in [6, 6.07) is 9.00. The topological polar surface area (TPSA) is 102 Å². The van der Waals surface area contributed by atoms with Gasteiger partial charge in [0.05, 0.1) is 25.2 Å². The molecular formula is C22H25N5O4S. The Morgan fingerprint density at radius 2 is 1.97 bits per heavy atom. The second-order valence-electron chi connectivity index (χ2n) is 7.25. The van der Waals surface area contributed by atoms with Crippen LogP contribution < -0.4 is 5.32 Å². The maximum absolute atomic E-state index is 12.9. The highest BCUT2D eigenvalue weighted by Gasteiger charge is 2.22. The predicted octanol–water partition coefficient (Wildman–Crippen LogP) is 3.07. The van der Waals surface area contributed by atoms with Crippen LogP contribution in [0.4, 0.5) is 5.69 Å². The van der Waals surface area contributed by atoms with Crippen molar-refractivity contribution in [3.05, 3.63) is 47.7 Å². The van der Waals surface area contributed by atoms with E-state index in [1.807, 2.05) is 24.5 Å². The Bertz CT molecular complexity index is 1090. The van der Waals surface area contributed by atoms with Crippen molar-refractivity contribution in [3.8, 4) is 11.6 Å². The number of amides is 2. The van der Waals surface area contributed by atoms with Gasteiger partial charge in [0.25, 0.3) is 5.91 Å². The molecule has 1 N–H and O–H groups in total. The molecule has 1 saturated heterocycles. The average Bonchev–Trinajstić information content (AvgIpc) is 3.48. The predicted molar refractivity (Wildman–Crippen MR) is 121 cm³/mol. The molecule has 4 rings (SSSR count). The zero-order chi connectivity index (χ0) is 22.5. The van der Waals surface area contributed by atoms with Gasteiger partial charge in [0.15, 0.2) is 16.7 Å². The van der Waals surface area contributed by atoms with Crippen LogP contribution >= 0.6 is 11.8 Å². The minimum absolute atomic E-state index is 0.0437. The summed E-state index contributed by atoms with van der Waals surface area (Å²) >= 11 is 1.30. The third-order valence-corrected chi connectivity index (χ3v) is 6.21. The molecule has 2 amide bonds. The van der Waals surface area contributed by atoms with Gasteiger partial charge in [-0.3, -0.25) is 14.2 Å². The number of furan rings is 1. The van der Waals surface area contributed by atoms with E-state index in [-0.39, 0.29) is 17.6 Å². The second kappa shape index (κ2) is 10.0. The summed E-state index contributed by atoms with van der Waals surface area (Å²) < 4.78 is 12.6. The molecule has 3 aromatic rings. The second-order valence-corrected chi connectivity index (χ2v) is 8.19. The van der Waals surface area contributed by atoms with Crippen LogP contribution in [0.25, 0.3) is 11.6 Å². The highest BCUT2D eigenvalue weighted by atomic mass is 32.2. The summed E-state index contributed by atoms with van der Waals surface area (Å²) in [6.07, 6.45) is 1.59. The molecule has 0 radical (unpaired) electrons. The summed E-state index contributed by atoms with van der Waals surface area (Å²) in [5, 5.41) is 12.0. The van der Waals surface area contributed by atoms with Crippen LogP contribution in [-0.2, 0) is 16.1 Å². The molecule has 0 atom stereocenters. The van der Waals surface area contributed by atoms with Crippen LogP contribution in [0.3, 0.4) is 0 Å². The van der Waals surface area contributed by atoms with Crippen molar-refractivity contribution in [2.45, 2.75) is 25.5 Å². The highest BCUT2D eigenvalue weighted by Crippen LogP contribution is 2.25. The minimum atomic E-state index is -0.181. The Labute approximate surface area is 190 Å². The van der Waals surface area contributed by atoms with Gasteiger partial charge in [-0.25, -0.2) is 0 Å². The first-order valence-corrected chi connectivity index (χ1v) is 11.4. The van der Waals surface area contributed by atoms with E-state index in [0.717, 1.165) is 5.56 Å². The van der Waals surface area contributed by atoms with Gasteiger partial charge in [0.1, 0.15) is 0 Å². The SMILES string of the molecule is CCn1c(SCC(=O)Nc2cccc(C(=O)N3CCOCC3)c2C)nnc1-c1ccco1. The van der Waals surface area contributed by atoms with Crippen molar-refractivity contribution in [2.75, 3.05) is 37.4 Å². The fourth-order valence-corrected chi connectivity index (χ4v) is 4.33. The van der Waals surface area contributed by atoms with Gasteiger partial charge in [-0.1, -0.05) is 17.8 Å². The molecule has 3 heterocycles. The zero-order valence-electron chi connectivity index (χ0n) is 18.0. The Hall–Kier alpha value is -3.11. The van der Waals surface area contributed by atoms with Gasteiger partial charge in [-0.05, 0) is 43.7 Å². The number of morpholine rings is 1. The van der Waals surface area contributed by atoms with E-state index in [1.165, 1.54) is 11.8 Å². The number of anilines is 1. The van der Waals surface area contributed by atoms with Crippen LogP contribution in [0.2, 0.25) is 0 Å². The lowest BCUT2D eigenvalue weighted by atomic mass is 10.1. The lowest BCUT2D eigenvalue weighted by Gasteiger charge is -2.27. The maximum atomic E-state index is 12.9. The fraction of sp³-hybridized carbons (Fsp3) is 0.364. The van der Waals surface area contributed by atoms with Gasteiger partial charge in [-0.2, -0.15) is 0 Å². The first-order chi connectivity index (χ1) is 15.6. The third kappa shape index (κ3) is 4.71. The van der Waals surface area contributed by atoms with Gasteiger partial charge >= 0.3 is 0 Å². The number of benzene rings is 1. The van der Waals surface area contributed by atoms with Crippen LogP contribution in [0.5, 0.6) is 0 Å². The molecule has 1 aromatic carbocycles. The molecule has 2 aromatic heterocycles. The van der Waals surface area contributed by atoms with Gasteiger partial charge < -0.3 is 19.4 Å².